The van der Waals surface area contributed by atoms with Crippen LogP contribution in [0.15, 0.2) is 22.8 Å². The normalized spacial score (nSPS) is 14.3. The maximum Gasteiger partial charge on any atom is 0.237 e. The van der Waals surface area contributed by atoms with Crippen LogP contribution in [0.25, 0.3) is 0 Å². The van der Waals surface area contributed by atoms with E-state index in [4.69, 9.17) is 4.42 Å². The minimum atomic E-state index is -0.188. The number of carbonyl (C=O) groups excluding carboxylic acids is 1. The van der Waals surface area contributed by atoms with Gasteiger partial charge in [0.05, 0.1) is 18.8 Å². The van der Waals surface area contributed by atoms with Crippen molar-refractivity contribution in [2.75, 3.05) is 12.0 Å². The molecule has 17 heavy (non-hydrogen) atoms. The van der Waals surface area contributed by atoms with Gasteiger partial charge >= 0.3 is 0 Å². The highest BCUT2D eigenvalue weighted by Crippen LogP contribution is 2.00. The first kappa shape index (κ1) is 14.1. The fourth-order valence-corrected chi connectivity index (χ4v) is 2.14. The average Bonchev–Trinajstić information content (AvgIpc) is 2.78. The Morgan fingerprint density at radius 2 is 2.29 bits per heavy atom. The minimum Gasteiger partial charge on any atom is -0.467 e. The number of hydrogen-bond acceptors (Lipinski definition) is 4. The Labute approximate surface area is 107 Å². The third-order valence-electron chi connectivity index (χ3n) is 2.36. The van der Waals surface area contributed by atoms with Crippen LogP contribution in [0.2, 0.25) is 0 Å². The molecule has 0 radical (unpaired) electrons. The predicted molar refractivity (Wildman–Crippen MR) is 71.0 cm³/mol. The molecular weight excluding hydrogens is 236 g/mol. The summed E-state index contributed by atoms with van der Waals surface area (Å²) in [5, 5.41) is 6.08. The summed E-state index contributed by atoms with van der Waals surface area (Å²) in [6.45, 7) is 4.38. The number of carbonyl (C=O) groups is 1. The Kier molecular flexibility index (Phi) is 6.15. The molecule has 1 aromatic heterocycles. The van der Waals surface area contributed by atoms with Gasteiger partial charge in [0.25, 0.3) is 0 Å². The topological polar surface area (TPSA) is 54.3 Å². The number of furan rings is 1. The fourth-order valence-electron chi connectivity index (χ4n) is 1.54. The zero-order valence-electron chi connectivity index (χ0n) is 10.5. The Bertz CT molecular complexity index is 327. The number of thioether (sulfide) groups is 1. The molecule has 2 atom stereocenters. The molecule has 1 heterocycles. The summed E-state index contributed by atoms with van der Waals surface area (Å²) in [6.07, 6.45) is 3.66. The molecule has 0 aliphatic heterocycles. The second-order valence-electron chi connectivity index (χ2n) is 4.04. The van der Waals surface area contributed by atoms with E-state index in [2.05, 4.69) is 23.8 Å². The van der Waals surface area contributed by atoms with Gasteiger partial charge in [-0.15, -0.1) is 0 Å². The molecule has 2 unspecified atom stereocenters. The van der Waals surface area contributed by atoms with Crippen molar-refractivity contribution < 1.29 is 9.21 Å². The first-order chi connectivity index (χ1) is 8.13. The molecule has 0 aliphatic carbocycles. The number of nitrogens with one attached hydrogen (secondary N) is 2. The number of amides is 1. The summed E-state index contributed by atoms with van der Waals surface area (Å²) in [6, 6.07) is 3.79. The standard InChI is InChI=1S/C12H20N2O2S/c1-9(8-17-3)14-10(2)12(15)13-7-11-5-4-6-16-11/h4-6,9-10,14H,7-8H2,1-3H3,(H,13,15). The Balaban J connectivity index is 2.27. The highest BCUT2D eigenvalue weighted by molar-refractivity contribution is 7.98. The smallest absolute Gasteiger partial charge is 0.237 e. The van der Waals surface area contributed by atoms with Crippen molar-refractivity contribution in [2.24, 2.45) is 0 Å². The molecule has 0 aliphatic rings. The van der Waals surface area contributed by atoms with Crippen LogP contribution in [0.5, 0.6) is 0 Å². The molecular formula is C12H20N2O2S. The highest BCUT2D eigenvalue weighted by atomic mass is 32.2. The first-order valence-corrected chi connectivity index (χ1v) is 7.08. The molecule has 2 N–H and O–H groups in total. The van der Waals surface area contributed by atoms with Gasteiger partial charge < -0.3 is 15.1 Å². The second kappa shape index (κ2) is 7.40. The van der Waals surface area contributed by atoms with Gasteiger partial charge in [0.1, 0.15) is 5.76 Å². The maximum atomic E-state index is 11.8. The molecule has 0 aromatic carbocycles. The Hall–Kier alpha value is -0.940. The van der Waals surface area contributed by atoms with Gasteiger partial charge in [0.2, 0.25) is 5.91 Å². The summed E-state index contributed by atoms with van der Waals surface area (Å²) in [4.78, 5) is 11.8. The van der Waals surface area contributed by atoms with E-state index in [9.17, 15) is 4.79 Å². The van der Waals surface area contributed by atoms with E-state index in [1.54, 1.807) is 18.0 Å². The zero-order chi connectivity index (χ0) is 12.7. The Morgan fingerprint density at radius 3 is 2.88 bits per heavy atom. The Morgan fingerprint density at radius 1 is 1.53 bits per heavy atom. The van der Waals surface area contributed by atoms with Crippen LogP contribution in [0, 0.1) is 0 Å². The fraction of sp³-hybridized carbons (Fsp3) is 0.583. The van der Waals surface area contributed by atoms with Crippen molar-refractivity contribution >= 4 is 17.7 Å². The molecule has 1 amide bonds. The van der Waals surface area contributed by atoms with Crippen molar-refractivity contribution in [3.8, 4) is 0 Å². The highest BCUT2D eigenvalue weighted by Gasteiger charge is 2.14. The van der Waals surface area contributed by atoms with E-state index >= 15 is 0 Å². The third kappa shape index (κ3) is 5.28. The quantitative estimate of drug-likeness (QED) is 0.778. The van der Waals surface area contributed by atoms with Gasteiger partial charge in [0, 0.05) is 11.8 Å². The van der Waals surface area contributed by atoms with Crippen LogP contribution in [-0.4, -0.2) is 30.0 Å². The van der Waals surface area contributed by atoms with Gasteiger partial charge in [0.15, 0.2) is 0 Å². The maximum absolute atomic E-state index is 11.8. The van der Waals surface area contributed by atoms with Gasteiger partial charge in [-0.3, -0.25) is 4.79 Å². The van der Waals surface area contributed by atoms with E-state index in [1.807, 2.05) is 19.1 Å². The average molecular weight is 256 g/mol. The summed E-state index contributed by atoms with van der Waals surface area (Å²) < 4.78 is 5.14. The predicted octanol–water partition coefficient (Wildman–Crippen LogP) is 1.63. The third-order valence-corrected chi connectivity index (χ3v) is 3.19. The van der Waals surface area contributed by atoms with Crippen LogP contribution in [0.4, 0.5) is 0 Å². The van der Waals surface area contributed by atoms with Crippen molar-refractivity contribution in [3.05, 3.63) is 24.2 Å². The molecule has 0 spiro atoms. The summed E-state index contributed by atoms with van der Waals surface area (Å²) in [7, 11) is 0. The lowest BCUT2D eigenvalue weighted by molar-refractivity contribution is -0.123. The van der Waals surface area contributed by atoms with Gasteiger partial charge in [-0.1, -0.05) is 0 Å². The lowest BCUT2D eigenvalue weighted by Crippen LogP contribution is -2.46. The van der Waals surface area contributed by atoms with E-state index in [0.29, 0.717) is 12.6 Å². The van der Waals surface area contributed by atoms with E-state index in [0.717, 1.165) is 11.5 Å². The zero-order valence-corrected chi connectivity index (χ0v) is 11.3. The molecule has 0 saturated carbocycles. The lowest BCUT2D eigenvalue weighted by atomic mass is 10.2. The van der Waals surface area contributed by atoms with Crippen LogP contribution in [-0.2, 0) is 11.3 Å². The molecule has 1 rings (SSSR count). The largest absolute Gasteiger partial charge is 0.467 e. The summed E-state index contributed by atoms with van der Waals surface area (Å²) in [5.41, 5.74) is 0. The van der Waals surface area contributed by atoms with Gasteiger partial charge in [-0.05, 0) is 32.2 Å². The monoisotopic (exact) mass is 256 g/mol. The van der Waals surface area contributed by atoms with Crippen LogP contribution in [0.1, 0.15) is 19.6 Å². The van der Waals surface area contributed by atoms with Gasteiger partial charge in [-0.2, -0.15) is 11.8 Å². The lowest BCUT2D eigenvalue weighted by Gasteiger charge is -2.18. The minimum absolute atomic E-state index is 0.00523. The summed E-state index contributed by atoms with van der Waals surface area (Å²) >= 11 is 1.77. The van der Waals surface area contributed by atoms with E-state index < -0.39 is 0 Å². The number of hydrogen-bond donors (Lipinski definition) is 2. The summed E-state index contributed by atoms with van der Waals surface area (Å²) in [5.74, 6) is 1.76. The molecule has 0 saturated heterocycles. The molecule has 0 bridgehead atoms. The van der Waals surface area contributed by atoms with Crippen LogP contribution in [0.3, 0.4) is 0 Å². The van der Waals surface area contributed by atoms with Crippen molar-refractivity contribution in [1.82, 2.24) is 10.6 Å². The van der Waals surface area contributed by atoms with Crippen molar-refractivity contribution in [1.29, 1.82) is 0 Å². The van der Waals surface area contributed by atoms with E-state index in [-0.39, 0.29) is 11.9 Å². The molecule has 96 valence electrons. The van der Waals surface area contributed by atoms with E-state index in [1.165, 1.54) is 0 Å². The molecule has 5 heteroatoms. The molecule has 0 fully saturated rings. The molecule has 1 aromatic rings. The number of rotatable bonds is 7. The van der Waals surface area contributed by atoms with Crippen molar-refractivity contribution in [2.45, 2.75) is 32.5 Å². The van der Waals surface area contributed by atoms with Crippen LogP contribution < -0.4 is 10.6 Å². The molecule has 4 nitrogen and oxygen atoms in total. The van der Waals surface area contributed by atoms with Gasteiger partial charge in [-0.25, -0.2) is 0 Å². The van der Waals surface area contributed by atoms with Crippen LogP contribution >= 0.6 is 11.8 Å². The SMILES string of the molecule is CSCC(C)NC(C)C(=O)NCc1ccco1. The van der Waals surface area contributed by atoms with Crippen molar-refractivity contribution in [3.63, 3.8) is 0 Å². The second-order valence-corrected chi connectivity index (χ2v) is 4.95. The first-order valence-electron chi connectivity index (χ1n) is 5.68.